The zero-order valence-electron chi connectivity index (χ0n) is 15.8. The van der Waals surface area contributed by atoms with E-state index >= 15 is 0 Å². The van der Waals surface area contributed by atoms with E-state index in [9.17, 15) is 21.6 Å². The van der Waals surface area contributed by atoms with Crippen LogP contribution in [0.4, 0.5) is 24.7 Å². The average molecular weight is 440 g/mol. The van der Waals surface area contributed by atoms with Gasteiger partial charge in [0.15, 0.2) is 5.82 Å². The van der Waals surface area contributed by atoms with Gasteiger partial charge in [-0.3, -0.25) is 0 Å². The molecule has 0 aromatic carbocycles. The van der Waals surface area contributed by atoms with Gasteiger partial charge in [-0.2, -0.15) is 18.3 Å². The van der Waals surface area contributed by atoms with Crippen LogP contribution in [0.25, 0.3) is 16.9 Å². The van der Waals surface area contributed by atoms with Crippen molar-refractivity contribution in [3.8, 4) is 16.9 Å². The fraction of sp³-hybridized carbons (Fsp3) is 0.278. The van der Waals surface area contributed by atoms with Gasteiger partial charge < -0.3 is 11.5 Å². The summed E-state index contributed by atoms with van der Waals surface area (Å²) in [6.45, 7) is 0. The Kier molecular flexibility index (Phi) is 5.70. The average Bonchev–Trinajstić information content (AvgIpc) is 3.12. The fourth-order valence-corrected chi connectivity index (χ4v) is 3.58. The van der Waals surface area contributed by atoms with Crippen LogP contribution in [0.3, 0.4) is 0 Å². The summed E-state index contributed by atoms with van der Waals surface area (Å²) in [5.41, 5.74) is 13.0. The van der Waals surface area contributed by atoms with Gasteiger partial charge in [0.1, 0.15) is 15.7 Å². The number of hydrogen-bond acceptors (Lipinski definition) is 7. The molecule has 3 heterocycles. The predicted molar refractivity (Wildman–Crippen MR) is 107 cm³/mol. The summed E-state index contributed by atoms with van der Waals surface area (Å²) in [5, 5.41) is 4.16. The molecule has 0 saturated carbocycles. The third-order valence-electron chi connectivity index (χ3n) is 4.49. The lowest BCUT2D eigenvalue weighted by atomic mass is 9.97. The fourth-order valence-electron chi connectivity index (χ4n) is 2.92. The number of nitrogens with two attached hydrogens (primary N) is 2. The van der Waals surface area contributed by atoms with E-state index in [0.29, 0.717) is 16.8 Å². The summed E-state index contributed by atoms with van der Waals surface area (Å²) in [5.74, 6) is -2.04. The van der Waals surface area contributed by atoms with E-state index in [1.165, 1.54) is 29.2 Å². The number of anilines is 2. The summed E-state index contributed by atoms with van der Waals surface area (Å²) in [4.78, 5) is 7.95. The third kappa shape index (κ3) is 4.87. The summed E-state index contributed by atoms with van der Waals surface area (Å²) in [6, 6.07) is 4.32. The first-order chi connectivity index (χ1) is 14.0. The first-order valence-electron chi connectivity index (χ1n) is 8.71. The number of halogens is 3. The predicted octanol–water partition coefficient (Wildman–Crippen LogP) is 2.57. The number of hydrogen-bond donors (Lipinski definition) is 2. The van der Waals surface area contributed by atoms with E-state index in [2.05, 4.69) is 15.1 Å². The molecule has 3 rings (SSSR count). The highest BCUT2D eigenvalue weighted by Gasteiger charge is 2.41. The van der Waals surface area contributed by atoms with Crippen molar-refractivity contribution in [2.24, 2.45) is 0 Å². The Morgan fingerprint density at radius 2 is 1.87 bits per heavy atom. The first-order valence-corrected chi connectivity index (χ1v) is 10.8. The van der Waals surface area contributed by atoms with Crippen LogP contribution in [0.15, 0.2) is 43.0 Å². The van der Waals surface area contributed by atoms with Crippen molar-refractivity contribution in [3.63, 3.8) is 0 Å². The summed E-state index contributed by atoms with van der Waals surface area (Å²) >= 11 is 0. The smallest absolute Gasteiger partial charge is 0.395 e. The molecule has 0 aliphatic heterocycles. The minimum Gasteiger partial charge on any atom is -0.395 e. The van der Waals surface area contributed by atoms with Gasteiger partial charge in [0.05, 0.1) is 23.6 Å². The third-order valence-corrected chi connectivity index (χ3v) is 5.47. The number of rotatable bonds is 6. The Hall–Kier alpha value is -3.15. The van der Waals surface area contributed by atoms with Gasteiger partial charge in [-0.25, -0.2) is 23.1 Å². The monoisotopic (exact) mass is 440 g/mol. The maximum absolute atomic E-state index is 13.4. The second-order valence-electron chi connectivity index (χ2n) is 6.79. The highest BCUT2D eigenvalue weighted by molar-refractivity contribution is 7.90. The van der Waals surface area contributed by atoms with Gasteiger partial charge in [-0.15, -0.1) is 0 Å². The van der Waals surface area contributed by atoms with Crippen molar-refractivity contribution in [1.29, 1.82) is 0 Å². The Morgan fingerprint density at radius 3 is 2.47 bits per heavy atom. The molecule has 0 saturated heterocycles. The Labute approximate surface area is 170 Å². The van der Waals surface area contributed by atoms with Crippen molar-refractivity contribution in [2.45, 2.75) is 18.5 Å². The topological polar surface area (TPSA) is 130 Å². The van der Waals surface area contributed by atoms with Gasteiger partial charge >= 0.3 is 6.18 Å². The highest BCUT2D eigenvalue weighted by Crippen LogP contribution is 2.37. The van der Waals surface area contributed by atoms with Gasteiger partial charge in [-0.1, -0.05) is 6.07 Å². The lowest BCUT2D eigenvalue weighted by molar-refractivity contribution is -0.150. The molecule has 8 nitrogen and oxygen atoms in total. The van der Waals surface area contributed by atoms with Gasteiger partial charge in [0, 0.05) is 36.0 Å². The molecule has 0 fully saturated rings. The molecule has 1 unspecified atom stereocenters. The van der Waals surface area contributed by atoms with Crippen LogP contribution in [-0.4, -0.2) is 46.4 Å². The van der Waals surface area contributed by atoms with E-state index < -0.39 is 34.1 Å². The SMILES string of the molecule is CS(=O)(=O)CCC(c1ccc(-n2cc(-c3ccnc(N)c3N)cn2)nc1)C(F)(F)F. The first kappa shape index (κ1) is 21.6. The number of alkyl halides is 3. The lowest BCUT2D eigenvalue weighted by Crippen LogP contribution is -2.23. The zero-order chi connectivity index (χ0) is 22.1. The minimum absolute atomic E-state index is 0.117. The van der Waals surface area contributed by atoms with E-state index in [1.807, 2.05) is 0 Å². The van der Waals surface area contributed by atoms with E-state index in [4.69, 9.17) is 11.5 Å². The van der Waals surface area contributed by atoms with Crippen molar-refractivity contribution in [1.82, 2.24) is 19.7 Å². The van der Waals surface area contributed by atoms with Crippen molar-refractivity contribution >= 4 is 21.3 Å². The second kappa shape index (κ2) is 7.94. The van der Waals surface area contributed by atoms with Crippen LogP contribution < -0.4 is 11.5 Å². The zero-order valence-corrected chi connectivity index (χ0v) is 16.7. The largest absolute Gasteiger partial charge is 0.395 e. The van der Waals surface area contributed by atoms with E-state index in [1.54, 1.807) is 12.3 Å². The maximum Gasteiger partial charge on any atom is 0.395 e. The molecule has 1 atom stereocenters. The van der Waals surface area contributed by atoms with Crippen molar-refractivity contribution < 1.29 is 21.6 Å². The van der Waals surface area contributed by atoms with Crippen LogP contribution in [-0.2, 0) is 9.84 Å². The van der Waals surface area contributed by atoms with Crippen molar-refractivity contribution in [3.05, 3.63) is 48.5 Å². The molecule has 0 amide bonds. The molecular formula is C18H19F3N6O2S. The quantitative estimate of drug-likeness (QED) is 0.602. The highest BCUT2D eigenvalue weighted by atomic mass is 32.2. The molecule has 30 heavy (non-hydrogen) atoms. The van der Waals surface area contributed by atoms with Crippen LogP contribution in [0.2, 0.25) is 0 Å². The summed E-state index contributed by atoms with van der Waals surface area (Å²) < 4.78 is 64.1. The Bertz CT molecular complexity index is 1140. The second-order valence-corrected chi connectivity index (χ2v) is 9.05. The number of pyridine rings is 2. The number of nitrogens with zero attached hydrogens (tertiary/aromatic N) is 4. The molecule has 160 valence electrons. The van der Waals surface area contributed by atoms with Crippen LogP contribution in [0, 0.1) is 0 Å². The molecule has 12 heteroatoms. The van der Waals surface area contributed by atoms with Gasteiger partial charge in [0.2, 0.25) is 0 Å². The Morgan fingerprint density at radius 1 is 1.13 bits per heavy atom. The molecule has 0 radical (unpaired) electrons. The molecular weight excluding hydrogens is 421 g/mol. The molecule has 3 aromatic heterocycles. The number of nitrogen functional groups attached to an aromatic ring is 2. The molecule has 0 aliphatic rings. The van der Waals surface area contributed by atoms with Gasteiger partial charge in [0.25, 0.3) is 0 Å². The maximum atomic E-state index is 13.4. The number of aromatic nitrogens is 4. The van der Waals surface area contributed by atoms with Crippen LogP contribution in [0.1, 0.15) is 17.9 Å². The molecule has 0 spiro atoms. The van der Waals surface area contributed by atoms with Crippen LogP contribution >= 0.6 is 0 Å². The lowest BCUT2D eigenvalue weighted by Gasteiger charge is -2.20. The standard InChI is InChI=1S/C18H19F3N6O2S/c1-30(28,29)7-5-14(18(19,20)21)11-2-3-15(25-8-11)27-10-12(9-26-27)13-4-6-24-17(23)16(13)22/h2-4,6,8-10,14H,5,7,22H2,1H3,(H2,23,24). The summed E-state index contributed by atoms with van der Waals surface area (Å²) in [7, 11) is -3.53. The van der Waals surface area contributed by atoms with E-state index in [0.717, 1.165) is 12.5 Å². The Balaban J connectivity index is 1.86. The van der Waals surface area contributed by atoms with Crippen molar-refractivity contribution in [2.75, 3.05) is 23.5 Å². The van der Waals surface area contributed by atoms with E-state index in [-0.39, 0.29) is 17.2 Å². The van der Waals surface area contributed by atoms with Gasteiger partial charge in [-0.05, 0) is 24.1 Å². The molecule has 4 N–H and O–H groups in total. The van der Waals surface area contributed by atoms with Crippen LogP contribution in [0.5, 0.6) is 0 Å². The minimum atomic E-state index is -4.59. The summed E-state index contributed by atoms with van der Waals surface area (Å²) in [6.07, 6.45) is 1.45. The number of sulfone groups is 1. The normalized spacial score (nSPS) is 13.3. The molecule has 3 aromatic rings. The molecule has 0 aliphatic carbocycles. The molecule has 0 bridgehead atoms.